The van der Waals surface area contributed by atoms with E-state index < -0.39 is 17.8 Å². The third kappa shape index (κ3) is 3.27. The number of carbonyl (C=O) groups is 1. The lowest BCUT2D eigenvalue weighted by molar-refractivity contribution is 0.0935. The van der Waals surface area contributed by atoms with Gasteiger partial charge in [0.1, 0.15) is 17.6 Å². The van der Waals surface area contributed by atoms with Gasteiger partial charge in [-0.2, -0.15) is 4.98 Å². The van der Waals surface area contributed by atoms with Gasteiger partial charge in [0.05, 0.1) is 11.9 Å². The highest BCUT2D eigenvalue weighted by Crippen LogP contribution is 2.22. The Morgan fingerprint density at radius 2 is 2.00 bits per heavy atom. The number of benzene rings is 1. The van der Waals surface area contributed by atoms with Crippen LogP contribution in [-0.4, -0.2) is 26.0 Å². The van der Waals surface area contributed by atoms with Crippen molar-refractivity contribution in [3.63, 3.8) is 0 Å². The summed E-state index contributed by atoms with van der Waals surface area (Å²) in [5.74, 6) is -0.528. The Labute approximate surface area is 137 Å². The topological polar surface area (TPSA) is 93.8 Å². The van der Waals surface area contributed by atoms with Crippen LogP contribution in [0.5, 0.6) is 0 Å². The number of aryl methyl sites for hydroxylation is 2. The highest BCUT2D eigenvalue weighted by Gasteiger charge is 2.25. The second-order valence-corrected chi connectivity index (χ2v) is 5.14. The molecule has 0 spiro atoms. The number of carbonyl (C=O) groups excluding carboxylic acids is 1. The van der Waals surface area contributed by atoms with Gasteiger partial charge in [0.25, 0.3) is 5.91 Å². The summed E-state index contributed by atoms with van der Waals surface area (Å²) < 4.78 is 19.1. The van der Waals surface area contributed by atoms with E-state index in [0.29, 0.717) is 11.6 Å². The Balaban J connectivity index is 1.95. The molecular weight excluding hydrogens is 313 g/mol. The molecule has 3 rings (SSSR count). The fraction of sp³-hybridized carbons (Fsp3) is 0.188. The Morgan fingerprint density at radius 3 is 2.62 bits per heavy atom. The van der Waals surface area contributed by atoms with E-state index in [1.54, 1.807) is 32.0 Å². The zero-order valence-electron chi connectivity index (χ0n) is 13.0. The molecule has 0 saturated heterocycles. The lowest BCUT2D eigenvalue weighted by atomic mass is 10.1. The van der Waals surface area contributed by atoms with Crippen LogP contribution < -0.4 is 5.32 Å². The van der Waals surface area contributed by atoms with Crippen LogP contribution in [0.3, 0.4) is 0 Å². The molecule has 7 nitrogen and oxygen atoms in total. The Bertz CT molecular complexity index is 863. The first kappa shape index (κ1) is 15.7. The van der Waals surface area contributed by atoms with Crippen molar-refractivity contribution in [2.24, 2.45) is 0 Å². The van der Waals surface area contributed by atoms with Gasteiger partial charge in [-0.25, -0.2) is 9.37 Å². The van der Waals surface area contributed by atoms with Gasteiger partial charge >= 0.3 is 0 Å². The predicted octanol–water partition coefficient (Wildman–Crippen LogP) is 2.13. The summed E-state index contributed by atoms with van der Waals surface area (Å²) in [4.78, 5) is 24.5. The van der Waals surface area contributed by atoms with Crippen molar-refractivity contribution in [2.45, 2.75) is 19.9 Å². The highest BCUT2D eigenvalue weighted by atomic mass is 19.1. The summed E-state index contributed by atoms with van der Waals surface area (Å²) in [5, 5.41) is 6.46. The smallest absolute Gasteiger partial charge is 0.272 e. The van der Waals surface area contributed by atoms with E-state index in [2.05, 4.69) is 25.4 Å². The van der Waals surface area contributed by atoms with Crippen molar-refractivity contribution in [2.75, 3.05) is 0 Å². The molecular formula is C16H14FN5O2. The van der Waals surface area contributed by atoms with Crippen molar-refractivity contribution >= 4 is 5.91 Å². The molecule has 1 atom stereocenters. The summed E-state index contributed by atoms with van der Waals surface area (Å²) in [5.41, 5.74) is 1.03. The van der Waals surface area contributed by atoms with Crippen LogP contribution in [0.1, 0.15) is 39.5 Å². The molecule has 8 heteroatoms. The van der Waals surface area contributed by atoms with Crippen LogP contribution in [0, 0.1) is 19.7 Å². The second-order valence-electron chi connectivity index (χ2n) is 5.14. The minimum atomic E-state index is -0.903. The van der Waals surface area contributed by atoms with Gasteiger partial charge < -0.3 is 9.84 Å². The number of nitrogens with zero attached hydrogens (tertiary/aromatic N) is 4. The number of hydrogen-bond acceptors (Lipinski definition) is 6. The normalized spacial score (nSPS) is 12.0. The molecule has 3 aromatic rings. The van der Waals surface area contributed by atoms with Gasteiger partial charge in [0.2, 0.25) is 5.89 Å². The van der Waals surface area contributed by atoms with Crippen molar-refractivity contribution in [1.29, 1.82) is 0 Å². The molecule has 0 aliphatic heterocycles. The molecule has 0 aliphatic rings. The Morgan fingerprint density at radius 1 is 1.21 bits per heavy atom. The zero-order valence-corrected chi connectivity index (χ0v) is 13.0. The number of hydrogen-bond donors (Lipinski definition) is 1. The van der Waals surface area contributed by atoms with Gasteiger partial charge in [-0.3, -0.25) is 9.78 Å². The number of rotatable bonds is 4. The van der Waals surface area contributed by atoms with E-state index in [9.17, 15) is 9.18 Å². The maximum Gasteiger partial charge on any atom is 0.272 e. The number of aromatic nitrogens is 4. The number of nitrogens with one attached hydrogen (secondary N) is 1. The first-order valence-corrected chi connectivity index (χ1v) is 7.18. The summed E-state index contributed by atoms with van der Waals surface area (Å²) >= 11 is 0. The average Bonchev–Trinajstić information content (AvgIpc) is 3.00. The van der Waals surface area contributed by atoms with E-state index in [-0.39, 0.29) is 17.1 Å². The van der Waals surface area contributed by atoms with E-state index in [1.165, 1.54) is 18.5 Å². The monoisotopic (exact) mass is 327 g/mol. The Kier molecular flexibility index (Phi) is 4.28. The molecule has 122 valence electrons. The van der Waals surface area contributed by atoms with Gasteiger partial charge in [0.15, 0.2) is 5.82 Å². The largest absolute Gasteiger partial charge is 0.340 e. The predicted molar refractivity (Wildman–Crippen MR) is 81.5 cm³/mol. The fourth-order valence-corrected chi connectivity index (χ4v) is 2.14. The van der Waals surface area contributed by atoms with Gasteiger partial charge in [0, 0.05) is 18.7 Å². The summed E-state index contributed by atoms with van der Waals surface area (Å²) in [6.07, 6.45) is 2.83. The van der Waals surface area contributed by atoms with Crippen molar-refractivity contribution in [1.82, 2.24) is 25.4 Å². The van der Waals surface area contributed by atoms with Crippen molar-refractivity contribution in [3.8, 4) is 0 Å². The lowest BCUT2D eigenvalue weighted by Gasteiger charge is -2.16. The maximum absolute atomic E-state index is 14.2. The summed E-state index contributed by atoms with van der Waals surface area (Å²) in [6.45, 7) is 3.38. The molecule has 0 unspecified atom stereocenters. The van der Waals surface area contributed by atoms with Crippen molar-refractivity contribution < 1.29 is 13.7 Å². The standard InChI is InChI=1S/C16H14FN5O2/c1-9-7-19-13(8-18-9)16(23)21-14(15-20-10(2)24-22-15)11-5-3-4-6-12(11)17/h3-8,14H,1-2H3,(H,21,23)/t14-/m1/s1. The number of amides is 1. The molecule has 0 radical (unpaired) electrons. The molecule has 2 aromatic heterocycles. The fourth-order valence-electron chi connectivity index (χ4n) is 2.14. The molecule has 0 fully saturated rings. The van der Waals surface area contributed by atoms with E-state index in [4.69, 9.17) is 4.52 Å². The molecule has 0 saturated carbocycles. The Hall–Kier alpha value is -3.16. The van der Waals surface area contributed by atoms with Crippen LogP contribution >= 0.6 is 0 Å². The van der Waals surface area contributed by atoms with Crippen molar-refractivity contribution in [3.05, 3.63) is 71.1 Å². The van der Waals surface area contributed by atoms with E-state index in [1.807, 2.05) is 0 Å². The lowest BCUT2D eigenvalue weighted by Crippen LogP contribution is -2.31. The molecule has 0 aliphatic carbocycles. The highest BCUT2D eigenvalue weighted by molar-refractivity contribution is 5.92. The van der Waals surface area contributed by atoms with E-state index >= 15 is 0 Å². The first-order valence-electron chi connectivity index (χ1n) is 7.18. The van der Waals surface area contributed by atoms with Crippen LogP contribution in [0.25, 0.3) is 0 Å². The zero-order chi connectivity index (χ0) is 17.1. The van der Waals surface area contributed by atoms with E-state index in [0.717, 1.165) is 0 Å². The molecule has 1 N–H and O–H groups in total. The van der Waals surface area contributed by atoms with Crippen LogP contribution in [-0.2, 0) is 0 Å². The molecule has 24 heavy (non-hydrogen) atoms. The number of halogens is 1. The molecule has 1 amide bonds. The third-order valence-electron chi connectivity index (χ3n) is 3.31. The van der Waals surface area contributed by atoms with Crippen LogP contribution in [0.2, 0.25) is 0 Å². The van der Waals surface area contributed by atoms with Crippen LogP contribution in [0.15, 0.2) is 41.2 Å². The first-order chi connectivity index (χ1) is 11.5. The molecule has 0 bridgehead atoms. The summed E-state index contributed by atoms with van der Waals surface area (Å²) in [6, 6.07) is 5.17. The maximum atomic E-state index is 14.2. The quantitative estimate of drug-likeness (QED) is 0.789. The molecule has 2 heterocycles. The average molecular weight is 327 g/mol. The van der Waals surface area contributed by atoms with Gasteiger partial charge in [-0.1, -0.05) is 23.4 Å². The third-order valence-corrected chi connectivity index (χ3v) is 3.31. The van der Waals surface area contributed by atoms with Gasteiger partial charge in [-0.05, 0) is 13.0 Å². The minimum absolute atomic E-state index is 0.113. The summed E-state index contributed by atoms with van der Waals surface area (Å²) in [7, 11) is 0. The SMILES string of the molecule is Cc1cnc(C(=O)N[C@@H](c2noc(C)n2)c2ccccc2F)cn1. The van der Waals surface area contributed by atoms with Crippen LogP contribution in [0.4, 0.5) is 4.39 Å². The second kappa shape index (κ2) is 6.53. The van der Waals surface area contributed by atoms with Gasteiger partial charge in [-0.15, -0.1) is 0 Å². The minimum Gasteiger partial charge on any atom is -0.340 e. The molecule has 1 aromatic carbocycles.